The van der Waals surface area contributed by atoms with Crippen LogP contribution in [0.2, 0.25) is 0 Å². The lowest BCUT2D eigenvalue weighted by atomic mass is 10.2. The number of nitriles is 1. The first-order valence-corrected chi connectivity index (χ1v) is 6.30. The second-order valence-electron chi connectivity index (χ2n) is 3.24. The smallest absolute Gasteiger partial charge is 0.258 e. The molecular weight excluding hydrogens is 244 g/mol. The number of nitro groups is 1. The summed E-state index contributed by atoms with van der Waals surface area (Å²) in [4.78, 5) is 9.48. The van der Waals surface area contributed by atoms with Gasteiger partial charge in [-0.2, -0.15) is 5.26 Å². The number of hydrogen-bond donors (Lipinski definition) is 0. The summed E-state index contributed by atoms with van der Waals surface area (Å²) >= 11 is 0. The maximum atomic E-state index is 11.2. The molecular formula is C10H8N2O4S. The zero-order valence-corrected chi connectivity index (χ0v) is 9.64. The number of nitro benzene ring substituents is 1. The molecule has 0 aliphatic rings. The monoisotopic (exact) mass is 252 g/mol. The van der Waals surface area contributed by atoms with Crippen molar-refractivity contribution in [1.29, 1.82) is 5.26 Å². The standard InChI is InChI=1S/C10H8N2O4S/c1-17(15,16)10(7-11)6-8-3-2-4-9(5-8)12(13)14/h2-6H,1H3/b10-6-. The van der Waals surface area contributed by atoms with Crippen LogP contribution in [0.15, 0.2) is 29.2 Å². The van der Waals surface area contributed by atoms with Gasteiger partial charge in [0, 0.05) is 18.4 Å². The van der Waals surface area contributed by atoms with Gasteiger partial charge in [-0.1, -0.05) is 12.1 Å². The number of sulfone groups is 1. The van der Waals surface area contributed by atoms with Gasteiger partial charge in [0.2, 0.25) is 0 Å². The highest BCUT2D eigenvalue weighted by Crippen LogP contribution is 2.17. The third kappa shape index (κ3) is 3.39. The zero-order chi connectivity index (χ0) is 13.1. The van der Waals surface area contributed by atoms with E-state index in [1.54, 1.807) is 6.07 Å². The molecule has 0 aromatic heterocycles. The molecule has 0 radical (unpaired) electrons. The van der Waals surface area contributed by atoms with Crippen molar-refractivity contribution in [2.75, 3.05) is 6.26 Å². The summed E-state index contributed by atoms with van der Waals surface area (Å²) in [6.07, 6.45) is 2.00. The number of rotatable bonds is 3. The summed E-state index contributed by atoms with van der Waals surface area (Å²) in [7, 11) is -3.62. The Morgan fingerprint density at radius 3 is 2.65 bits per heavy atom. The van der Waals surface area contributed by atoms with Crippen molar-refractivity contribution in [2.24, 2.45) is 0 Å². The first-order chi connectivity index (χ1) is 7.84. The van der Waals surface area contributed by atoms with E-state index in [2.05, 4.69) is 0 Å². The van der Waals surface area contributed by atoms with Crippen LogP contribution in [0.4, 0.5) is 5.69 Å². The van der Waals surface area contributed by atoms with Crippen LogP contribution in [0.25, 0.3) is 6.08 Å². The zero-order valence-electron chi connectivity index (χ0n) is 8.82. The summed E-state index contributed by atoms with van der Waals surface area (Å²) in [6, 6.07) is 6.92. The lowest BCUT2D eigenvalue weighted by Gasteiger charge is -1.96. The highest BCUT2D eigenvalue weighted by Gasteiger charge is 2.11. The van der Waals surface area contributed by atoms with E-state index in [-0.39, 0.29) is 5.69 Å². The van der Waals surface area contributed by atoms with Crippen LogP contribution >= 0.6 is 0 Å². The molecule has 0 N–H and O–H groups in total. The van der Waals surface area contributed by atoms with E-state index < -0.39 is 19.7 Å². The van der Waals surface area contributed by atoms with E-state index >= 15 is 0 Å². The Hall–Kier alpha value is -2.20. The number of hydrogen-bond acceptors (Lipinski definition) is 5. The predicted molar refractivity (Wildman–Crippen MR) is 61.5 cm³/mol. The van der Waals surface area contributed by atoms with Gasteiger partial charge >= 0.3 is 0 Å². The van der Waals surface area contributed by atoms with Gasteiger partial charge in [0.1, 0.15) is 11.0 Å². The maximum Gasteiger partial charge on any atom is 0.270 e. The summed E-state index contributed by atoms with van der Waals surface area (Å²) in [6.45, 7) is 0. The van der Waals surface area contributed by atoms with Crippen LogP contribution in [-0.4, -0.2) is 19.6 Å². The fraction of sp³-hybridized carbons (Fsp3) is 0.100. The fourth-order valence-corrected chi connectivity index (χ4v) is 1.62. The van der Waals surface area contributed by atoms with Gasteiger partial charge in [-0.05, 0) is 11.6 Å². The van der Waals surface area contributed by atoms with Crippen molar-refractivity contribution in [2.45, 2.75) is 0 Å². The number of non-ortho nitro benzene ring substituents is 1. The molecule has 1 aromatic carbocycles. The van der Waals surface area contributed by atoms with E-state index in [1.807, 2.05) is 0 Å². The highest BCUT2D eigenvalue weighted by atomic mass is 32.2. The van der Waals surface area contributed by atoms with Crippen molar-refractivity contribution in [3.8, 4) is 6.07 Å². The van der Waals surface area contributed by atoms with Crippen LogP contribution in [0, 0.1) is 21.4 Å². The summed E-state index contributed by atoms with van der Waals surface area (Å²) < 4.78 is 22.3. The average molecular weight is 252 g/mol. The molecule has 1 rings (SSSR count). The molecule has 88 valence electrons. The number of benzene rings is 1. The van der Waals surface area contributed by atoms with E-state index in [9.17, 15) is 18.5 Å². The summed E-state index contributed by atoms with van der Waals surface area (Å²) in [5.74, 6) is 0. The first-order valence-electron chi connectivity index (χ1n) is 4.41. The maximum absolute atomic E-state index is 11.2. The minimum absolute atomic E-state index is 0.162. The van der Waals surface area contributed by atoms with Gasteiger partial charge in [-0.3, -0.25) is 10.1 Å². The van der Waals surface area contributed by atoms with Gasteiger partial charge in [0.05, 0.1) is 4.92 Å². The third-order valence-corrected chi connectivity index (χ3v) is 2.90. The molecule has 0 fully saturated rings. The Balaban J connectivity index is 3.28. The van der Waals surface area contributed by atoms with Crippen molar-refractivity contribution in [1.82, 2.24) is 0 Å². The Morgan fingerprint density at radius 2 is 2.18 bits per heavy atom. The molecule has 0 amide bonds. The predicted octanol–water partition coefficient (Wildman–Crippen LogP) is 1.50. The average Bonchev–Trinajstić information content (AvgIpc) is 2.24. The lowest BCUT2D eigenvalue weighted by molar-refractivity contribution is -0.384. The molecule has 0 saturated heterocycles. The summed E-state index contributed by atoms with van der Waals surface area (Å²) in [5.41, 5.74) is 0.130. The van der Waals surface area contributed by atoms with Gasteiger partial charge in [0.15, 0.2) is 9.84 Å². The van der Waals surface area contributed by atoms with Gasteiger partial charge in [0.25, 0.3) is 5.69 Å². The molecule has 0 atom stereocenters. The SMILES string of the molecule is CS(=O)(=O)/C(C#N)=C\c1cccc([N+](=O)[O-])c1. The van der Waals surface area contributed by atoms with Gasteiger partial charge in [-0.25, -0.2) is 8.42 Å². The molecule has 0 saturated carbocycles. The number of nitrogens with zero attached hydrogens (tertiary/aromatic N) is 2. The van der Waals surface area contributed by atoms with Crippen LogP contribution in [0.5, 0.6) is 0 Å². The Kier molecular flexibility index (Phi) is 3.60. The normalized spacial score (nSPS) is 11.9. The quantitative estimate of drug-likeness (QED) is 0.461. The fourth-order valence-electron chi connectivity index (χ4n) is 1.10. The van der Waals surface area contributed by atoms with Crippen LogP contribution in [0.3, 0.4) is 0 Å². The van der Waals surface area contributed by atoms with Crippen LogP contribution < -0.4 is 0 Å². The Labute approximate surface area is 97.9 Å². The largest absolute Gasteiger partial charge is 0.270 e. The molecule has 0 aliphatic carbocycles. The molecule has 0 heterocycles. The molecule has 1 aromatic rings. The van der Waals surface area contributed by atoms with Crippen molar-refractivity contribution in [3.05, 3.63) is 44.8 Å². The lowest BCUT2D eigenvalue weighted by Crippen LogP contribution is -1.98. The topological polar surface area (TPSA) is 101 Å². The minimum atomic E-state index is -3.62. The highest BCUT2D eigenvalue weighted by molar-refractivity contribution is 7.95. The molecule has 0 spiro atoms. The van der Waals surface area contributed by atoms with Gasteiger partial charge < -0.3 is 0 Å². The van der Waals surface area contributed by atoms with E-state index in [0.29, 0.717) is 5.56 Å². The molecule has 0 unspecified atom stereocenters. The van der Waals surface area contributed by atoms with Crippen molar-refractivity contribution < 1.29 is 13.3 Å². The van der Waals surface area contributed by atoms with Gasteiger partial charge in [-0.15, -0.1) is 0 Å². The second kappa shape index (κ2) is 4.76. The molecule has 0 bridgehead atoms. The van der Waals surface area contributed by atoms with Crippen molar-refractivity contribution >= 4 is 21.6 Å². The van der Waals surface area contributed by atoms with E-state index in [1.165, 1.54) is 24.3 Å². The third-order valence-electron chi connectivity index (χ3n) is 1.89. The van der Waals surface area contributed by atoms with E-state index in [4.69, 9.17) is 5.26 Å². The molecule has 7 heteroatoms. The number of allylic oxidation sites excluding steroid dienone is 1. The minimum Gasteiger partial charge on any atom is -0.258 e. The molecule has 17 heavy (non-hydrogen) atoms. The first kappa shape index (κ1) is 12.9. The molecule has 6 nitrogen and oxygen atoms in total. The summed E-state index contributed by atoms with van der Waals surface area (Å²) in [5, 5.41) is 19.2. The Bertz CT molecular complexity index is 626. The molecule has 0 aliphatic heterocycles. The van der Waals surface area contributed by atoms with E-state index in [0.717, 1.165) is 12.3 Å². The van der Waals surface area contributed by atoms with Crippen LogP contribution in [0.1, 0.15) is 5.56 Å². The van der Waals surface area contributed by atoms with Crippen LogP contribution in [-0.2, 0) is 9.84 Å². The Morgan fingerprint density at radius 1 is 1.53 bits per heavy atom. The van der Waals surface area contributed by atoms with Crippen molar-refractivity contribution in [3.63, 3.8) is 0 Å². The second-order valence-corrected chi connectivity index (χ2v) is 5.23.